The van der Waals surface area contributed by atoms with Crippen molar-refractivity contribution in [2.24, 2.45) is 0 Å². The van der Waals surface area contributed by atoms with E-state index in [9.17, 15) is 0 Å². The molecule has 0 saturated heterocycles. The van der Waals surface area contributed by atoms with Crippen LogP contribution in [-0.2, 0) is 0 Å². The van der Waals surface area contributed by atoms with Crippen LogP contribution in [0.2, 0.25) is 5.54 Å². The first-order valence-electron chi connectivity index (χ1n) is 3.32. The van der Waals surface area contributed by atoms with Gasteiger partial charge in [0.25, 0.3) is 0 Å². The van der Waals surface area contributed by atoms with Crippen molar-refractivity contribution in [2.75, 3.05) is 0 Å². The van der Waals surface area contributed by atoms with Gasteiger partial charge in [0.1, 0.15) is 0 Å². The van der Waals surface area contributed by atoms with Crippen LogP contribution in [0.5, 0.6) is 0 Å². The molecule has 0 nitrogen and oxygen atoms in total. The van der Waals surface area contributed by atoms with Crippen molar-refractivity contribution in [1.82, 2.24) is 0 Å². The monoisotopic (exact) mass is 136 g/mol. The van der Waals surface area contributed by atoms with E-state index in [-0.39, 0.29) is 0 Å². The molecule has 0 N–H and O–H groups in total. The Kier molecular flexibility index (Phi) is 2.06. The van der Waals surface area contributed by atoms with Crippen molar-refractivity contribution < 1.29 is 0 Å². The number of rotatable bonds is 2. The zero-order valence-electron chi connectivity index (χ0n) is 5.80. The lowest BCUT2D eigenvalue weighted by Crippen LogP contribution is -1.89. The average Bonchev–Trinajstić information content (AvgIpc) is 2.37. The van der Waals surface area contributed by atoms with Crippen molar-refractivity contribution in [3.8, 4) is 0 Å². The largest absolute Gasteiger partial charge is 0.103 e. The smallest absolute Gasteiger partial charge is 0.0166 e. The summed E-state index contributed by atoms with van der Waals surface area (Å²) in [6.07, 6.45) is 9.73. The highest BCUT2D eigenvalue weighted by Gasteiger charge is 2.03. The molecule has 1 unspecified atom stereocenters. The van der Waals surface area contributed by atoms with Gasteiger partial charge in [0, 0.05) is 10.2 Å². The minimum atomic E-state index is 0.694. The lowest BCUT2D eigenvalue weighted by Gasteiger charge is -2.04. The summed E-state index contributed by atoms with van der Waals surface area (Å²) in [7, 11) is 1.21. The van der Waals surface area contributed by atoms with Crippen LogP contribution in [0.1, 0.15) is 6.42 Å². The molecule has 9 heavy (non-hydrogen) atoms. The average molecular weight is 136 g/mol. The highest BCUT2D eigenvalue weighted by molar-refractivity contribution is 6.15. The van der Waals surface area contributed by atoms with Gasteiger partial charge in [-0.05, 0) is 12.0 Å². The maximum atomic E-state index is 3.77. The van der Waals surface area contributed by atoms with Gasteiger partial charge in [0.05, 0.1) is 0 Å². The molecule has 0 aromatic rings. The van der Waals surface area contributed by atoms with E-state index in [1.165, 1.54) is 15.8 Å². The fourth-order valence-electron chi connectivity index (χ4n) is 0.953. The summed E-state index contributed by atoms with van der Waals surface area (Å²) in [4.78, 5) is 0. The molecule has 0 saturated carbocycles. The molecule has 48 valence electrons. The summed E-state index contributed by atoms with van der Waals surface area (Å²) in [5, 5.41) is 0. The topological polar surface area (TPSA) is 0 Å². The molecule has 0 aromatic carbocycles. The first-order valence-corrected chi connectivity index (χ1v) is 4.48. The van der Waals surface area contributed by atoms with E-state index in [1.807, 2.05) is 6.08 Å². The Hall–Kier alpha value is -0.563. The molecule has 1 atom stereocenters. The summed E-state index contributed by atoms with van der Waals surface area (Å²) >= 11 is 0. The molecule has 0 fully saturated rings. The number of hydrogen-bond acceptors (Lipinski definition) is 0. The second-order valence-corrected chi connectivity index (χ2v) is 3.64. The molecule has 0 amide bonds. The van der Waals surface area contributed by atoms with Gasteiger partial charge >= 0.3 is 0 Å². The van der Waals surface area contributed by atoms with Gasteiger partial charge in [-0.25, -0.2) is 0 Å². The summed E-state index contributed by atoms with van der Waals surface area (Å²) in [5.74, 6) is 0. The summed E-state index contributed by atoms with van der Waals surface area (Å²) in [6, 6.07) is 0. The zero-order valence-corrected chi connectivity index (χ0v) is 7.80. The Balaban J connectivity index is 2.54. The van der Waals surface area contributed by atoms with E-state index in [4.69, 9.17) is 0 Å². The summed E-state index contributed by atoms with van der Waals surface area (Å²) < 4.78 is 0. The summed E-state index contributed by atoms with van der Waals surface area (Å²) in [6.45, 7) is 3.77. The second kappa shape index (κ2) is 2.83. The van der Waals surface area contributed by atoms with Crippen LogP contribution in [0.15, 0.2) is 36.5 Å². The van der Waals surface area contributed by atoms with Gasteiger partial charge in [0.15, 0.2) is 0 Å². The van der Waals surface area contributed by atoms with E-state index in [0.717, 1.165) is 6.42 Å². The predicted octanol–water partition coefficient (Wildman–Crippen LogP) is 1.21. The number of allylic oxidation sites excluding steroid dienone is 5. The molecule has 0 spiro atoms. The van der Waals surface area contributed by atoms with Crippen LogP contribution < -0.4 is 0 Å². The quantitative estimate of drug-likeness (QED) is 0.395. The van der Waals surface area contributed by atoms with Crippen LogP contribution in [0.25, 0.3) is 0 Å². The fourth-order valence-corrected chi connectivity index (χ4v) is 1.38. The molecule has 1 heteroatoms. The molecule has 1 aliphatic rings. The Morgan fingerprint density at radius 3 is 3.00 bits per heavy atom. The SMILES string of the molecule is C=CC([SiH3])C1=CC=CC1. The molecular formula is C8H12Si. The van der Waals surface area contributed by atoms with Gasteiger partial charge in [-0.2, -0.15) is 0 Å². The third-order valence-corrected chi connectivity index (χ3v) is 2.95. The van der Waals surface area contributed by atoms with Crippen LogP contribution in [0.4, 0.5) is 0 Å². The first kappa shape index (κ1) is 6.56. The zero-order chi connectivity index (χ0) is 6.69. The molecule has 0 aromatic heterocycles. The van der Waals surface area contributed by atoms with Crippen LogP contribution in [-0.4, -0.2) is 10.2 Å². The first-order chi connectivity index (χ1) is 4.34. The van der Waals surface area contributed by atoms with Crippen LogP contribution in [0.3, 0.4) is 0 Å². The van der Waals surface area contributed by atoms with Gasteiger partial charge in [-0.1, -0.05) is 29.9 Å². The van der Waals surface area contributed by atoms with E-state index in [1.54, 1.807) is 0 Å². The molecule has 0 heterocycles. The van der Waals surface area contributed by atoms with Gasteiger partial charge in [-0.15, -0.1) is 6.58 Å². The molecular weight excluding hydrogens is 124 g/mol. The van der Waals surface area contributed by atoms with Gasteiger partial charge in [-0.3, -0.25) is 0 Å². The van der Waals surface area contributed by atoms with Crippen molar-refractivity contribution >= 4 is 10.2 Å². The van der Waals surface area contributed by atoms with E-state index in [0.29, 0.717) is 5.54 Å². The third-order valence-electron chi connectivity index (χ3n) is 1.74. The van der Waals surface area contributed by atoms with Crippen molar-refractivity contribution in [3.05, 3.63) is 36.5 Å². The van der Waals surface area contributed by atoms with E-state index < -0.39 is 0 Å². The minimum Gasteiger partial charge on any atom is -0.103 e. The molecule has 1 aliphatic carbocycles. The fraction of sp³-hybridized carbons (Fsp3) is 0.250. The van der Waals surface area contributed by atoms with Crippen molar-refractivity contribution in [1.29, 1.82) is 0 Å². The second-order valence-electron chi connectivity index (χ2n) is 2.40. The Morgan fingerprint density at radius 2 is 2.56 bits per heavy atom. The number of hydrogen-bond donors (Lipinski definition) is 0. The lowest BCUT2D eigenvalue weighted by atomic mass is 10.1. The van der Waals surface area contributed by atoms with Crippen LogP contribution in [0, 0.1) is 0 Å². The normalized spacial score (nSPS) is 19.8. The minimum absolute atomic E-state index is 0.694. The predicted molar refractivity (Wildman–Crippen MR) is 45.7 cm³/mol. The van der Waals surface area contributed by atoms with Crippen molar-refractivity contribution in [2.45, 2.75) is 12.0 Å². The lowest BCUT2D eigenvalue weighted by molar-refractivity contribution is 1.13. The van der Waals surface area contributed by atoms with E-state index in [2.05, 4.69) is 24.8 Å². The Labute approximate surface area is 59.4 Å². The third kappa shape index (κ3) is 1.42. The van der Waals surface area contributed by atoms with Crippen LogP contribution >= 0.6 is 0 Å². The summed E-state index contributed by atoms with van der Waals surface area (Å²) in [5.41, 5.74) is 2.23. The Morgan fingerprint density at radius 1 is 1.78 bits per heavy atom. The maximum absolute atomic E-state index is 3.77. The molecule has 1 rings (SSSR count). The Bertz CT molecular complexity index is 165. The standard InChI is InChI=1S/C8H12Si/c1-2-8(9)7-5-3-4-6-7/h2-5,8H,1,6H2,9H3. The maximum Gasteiger partial charge on any atom is 0.0166 e. The van der Waals surface area contributed by atoms with E-state index >= 15 is 0 Å². The van der Waals surface area contributed by atoms with Gasteiger partial charge in [0.2, 0.25) is 0 Å². The highest BCUT2D eigenvalue weighted by Crippen LogP contribution is 2.22. The van der Waals surface area contributed by atoms with Gasteiger partial charge < -0.3 is 0 Å². The highest BCUT2D eigenvalue weighted by atomic mass is 28.1. The molecule has 0 radical (unpaired) electrons. The molecule has 0 bridgehead atoms. The molecule has 0 aliphatic heterocycles. The van der Waals surface area contributed by atoms with Crippen molar-refractivity contribution in [3.63, 3.8) is 0 Å².